The molecule has 2 saturated heterocycles. The summed E-state index contributed by atoms with van der Waals surface area (Å²) in [5, 5.41) is 2.32. The number of nitrogens with two attached hydrogens (primary N) is 1. The molecule has 0 bridgehead atoms. The Balaban J connectivity index is 0.000000310. The molecule has 2 atom stereocenters. The Morgan fingerprint density at radius 3 is 2.40 bits per heavy atom. The molecule has 1 saturated carbocycles. The fourth-order valence-corrected chi connectivity index (χ4v) is 4.41. The Hall–Kier alpha value is -1.99. The maximum Gasteiger partial charge on any atom is 0.234 e. The molecule has 2 heterocycles. The van der Waals surface area contributed by atoms with Gasteiger partial charge in [0.2, 0.25) is 11.8 Å². The SMILES string of the molecule is CC1CN(c2ccc(C3CCC(=O)NC3=O)cc2F)CCN1C.NC1CCCCC1. The maximum atomic E-state index is 14.6. The Bertz CT molecular complexity index is 751. The molecular weight excluding hydrogens is 383 g/mol. The summed E-state index contributed by atoms with van der Waals surface area (Å²) in [4.78, 5) is 27.4. The molecule has 2 amide bonds. The zero-order valence-electron chi connectivity index (χ0n) is 18.2. The second-order valence-electron chi connectivity index (χ2n) is 8.89. The lowest BCUT2D eigenvalue weighted by molar-refractivity contribution is -0.134. The van der Waals surface area contributed by atoms with E-state index in [9.17, 15) is 14.0 Å². The highest BCUT2D eigenvalue weighted by Gasteiger charge is 2.29. The number of anilines is 1. The first-order valence-corrected chi connectivity index (χ1v) is 11.2. The predicted octanol–water partition coefficient (Wildman–Crippen LogP) is 2.76. The van der Waals surface area contributed by atoms with Crippen LogP contribution in [0, 0.1) is 5.82 Å². The van der Waals surface area contributed by atoms with Crippen LogP contribution >= 0.6 is 0 Å². The van der Waals surface area contributed by atoms with E-state index in [0.29, 0.717) is 36.2 Å². The summed E-state index contributed by atoms with van der Waals surface area (Å²) in [6.07, 6.45) is 7.40. The Morgan fingerprint density at radius 1 is 1.10 bits per heavy atom. The number of amides is 2. The number of rotatable bonds is 2. The lowest BCUT2D eigenvalue weighted by atomic mass is 9.90. The third-order valence-corrected chi connectivity index (χ3v) is 6.56. The summed E-state index contributed by atoms with van der Waals surface area (Å²) in [6.45, 7) is 4.60. The molecular formula is C23H35FN4O2. The molecule has 0 spiro atoms. The Kier molecular flexibility index (Phi) is 7.83. The van der Waals surface area contributed by atoms with Gasteiger partial charge in [-0.15, -0.1) is 0 Å². The van der Waals surface area contributed by atoms with Crippen molar-refractivity contribution in [3.05, 3.63) is 29.6 Å². The van der Waals surface area contributed by atoms with Gasteiger partial charge in [-0.05, 0) is 50.9 Å². The van der Waals surface area contributed by atoms with Crippen LogP contribution in [-0.2, 0) is 9.59 Å². The topological polar surface area (TPSA) is 78.7 Å². The van der Waals surface area contributed by atoms with Gasteiger partial charge in [-0.25, -0.2) is 4.39 Å². The molecule has 3 aliphatic rings. The van der Waals surface area contributed by atoms with Gasteiger partial charge in [0.1, 0.15) is 5.82 Å². The summed E-state index contributed by atoms with van der Waals surface area (Å²) in [5.74, 6) is -1.33. The van der Waals surface area contributed by atoms with E-state index in [1.54, 1.807) is 12.1 Å². The van der Waals surface area contributed by atoms with Crippen LogP contribution in [0.4, 0.5) is 10.1 Å². The first kappa shape index (κ1) is 22.7. The van der Waals surface area contributed by atoms with Crippen LogP contribution in [0.3, 0.4) is 0 Å². The standard InChI is InChI=1S/C17H22FN3O2.C6H13N/c1-11-10-21(8-7-20(11)2)15-5-3-12(9-14(15)18)13-4-6-16(22)19-17(13)23;7-6-4-2-1-3-5-6/h3,5,9,11,13H,4,6-8,10H2,1-2H3,(H,19,22,23);6H,1-5,7H2. The van der Waals surface area contributed by atoms with E-state index in [1.165, 1.54) is 38.2 Å². The third-order valence-electron chi connectivity index (χ3n) is 6.56. The molecule has 30 heavy (non-hydrogen) atoms. The van der Waals surface area contributed by atoms with E-state index in [2.05, 4.69) is 24.2 Å². The van der Waals surface area contributed by atoms with Gasteiger partial charge in [-0.1, -0.05) is 25.3 Å². The van der Waals surface area contributed by atoms with Crippen molar-refractivity contribution in [2.24, 2.45) is 5.73 Å². The van der Waals surface area contributed by atoms with Crippen molar-refractivity contribution in [3.8, 4) is 0 Å². The molecule has 3 N–H and O–H groups in total. The second-order valence-corrected chi connectivity index (χ2v) is 8.89. The lowest BCUT2D eigenvalue weighted by Crippen LogP contribution is -2.50. The van der Waals surface area contributed by atoms with E-state index in [0.717, 1.165) is 19.6 Å². The number of halogens is 1. The predicted molar refractivity (Wildman–Crippen MR) is 117 cm³/mol. The molecule has 0 aromatic heterocycles. The molecule has 1 aromatic carbocycles. The van der Waals surface area contributed by atoms with Crippen molar-refractivity contribution in [1.29, 1.82) is 0 Å². The molecule has 3 fully saturated rings. The van der Waals surface area contributed by atoms with Gasteiger partial charge >= 0.3 is 0 Å². The molecule has 2 aliphatic heterocycles. The minimum Gasteiger partial charge on any atom is -0.366 e. The Morgan fingerprint density at radius 2 is 1.83 bits per heavy atom. The zero-order chi connectivity index (χ0) is 21.7. The highest BCUT2D eigenvalue weighted by Crippen LogP contribution is 2.29. The fourth-order valence-electron chi connectivity index (χ4n) is 4.41. The second kappa shape index (κ2) is 10.4. The van der Waals surface area contributed by atoms with Crippen molar-refractivity contribution in [3.63, 3.8) is 0 Å². The minimum atomic E-state index is -0.442. The van der Waals surface area contributed by atoms with Crippen LogP contribution in [0.1, 0.15) is 63.4 Å². The number of piperidine rings is 1. The van der Waals surface area contributed by atoms with E-state index < -0.39 is 5.92 Å². The molecule has 4 rings (SSSR count). The average molecular weight is 419 g/mol. The first-order chi connectivity index (χ1) is 14.3. The monoisotopic (exact) mass is 418 g/mol. The third kappa shape index (κ3) is 5.79. The fraction of sp³-hybridized carbons (Fsp3) is 0.652. The Labute approximate surface area is 179 Å². The number of carbonyl (C=O) groups is 2. The number of hydrogen-bond donors (Lipinski definition) is 2. The number of hydrogen-bond acceptors (Lipinski definition) is 5. The summed E-state index contributed by atoms with van der Waals surface area (Å²) < 4.78 is 14.6. The van der Waals surface area contributed by atoms with Crippen molar-refractivity contribution in [2.75, 3.05) is 31.6 Å². The van der Waals surface area contributed by atoms with Crippen LogP contribution in [0.15, 0.2) is 18.2 Å². The molecule has 6 nitrogen and oxygen atoms in total. The number of benzene rings is 1. The van der Waals surface area contributed by atoms with Crippen molar-refractivity contribution in [1.82, 2.24) is 10.2 Å². The highest BCUT2D eigenvalue weighted by molar-refractivity contribution is 6.00. The van der Waals surface area contributed by atoms with Crippen LogP contribution in [0.2, 0.25) is 0 Å². The summed E-state index contributed by atoms with van der Waals surface area (Å²) in [7, 11) is 2.07. The molecule has 166 valence electrons. The van der Waals surface area contributed by atoms with E-state index in [1.807, 2.05) is 4.90 Å². The highest BCUT2D eigenvalue weighted by atomic mass is 19.1. The van der Waals surface area contributed by atoms with E-state index >= 15 is 0 Å². The number of likely N-dealkylation sites (N-methyl/N-ethyl adjacent to an activating group) is 1. The number of nitrogens with one attached hydrogen (secondary N) is 1. The van der Waals surface area contributed by atoms with Crippen molar-refractivity contribution < 1.29 is 14.0 Å². The van der Waals surface area contributed by atoms with Gasteiger partial charge < -0.3 is 15.5 Å². The summed E-state index contributed by atoms with van der Waals surface area (Å²) in [5.41, 5.74) is 6.86. The molecule has 0 radical (unpaired) electrons. The first-order valence-electron chi connectivity index (χ1n) is 11.2. The van der Waals surface area contributed by atoms with Crippen LogP contribution in [0.5, 0.6) is 0 Å². The molecule has 1 aromatic rings. The molecule has 2 unspecified atom stereocenters. The minimum absolute atomic E-state index is 0.255. The van der Waals surface area contributed by atoms with Gasteiger partial charge in [0.05, 0.1) is 11.6 Å². The van der Waals surface area contributed by atoms with E-state index in [4.69, 9.17) is 5.73 Å². The van der Waals surface area contributed by atoms with Crippen molar-refractivity contribution in [2.45, 2.75) is 69.9 Å². The largest absolute Gasteiger partial charge is 0.366 e. The lowest BCUT2D eigenvalue weighted by Gasteiger charge is -2.39. The van der Waals surface area contributed by atoms with E-state index in [-0.39, 0.29) is 17.6 Å². The van der Waals surface area contributed by atoms with Gasteiger partial charge in [-0.2, -0.15) is 0 Å². The van der Waals surface area contributed by atoms with Gasteiger partial charge in [0, 0.05) is 38.1 Å². The number of carbonyl (C=O) groups excluding carboxylic acids is 2. The number of imide groups is 1. The number of piperazine rings is 1. The van der Waals surface area contributed by atoms with Gasteiger partial charge in [0.25, 0.3) is 0 Å². The van der Waals surface area contributed by atoms with Crippen LogP contribution in [0.25, 0.3) is 0 Å². The van der Waals surface area contributed by atoms with Gasteiger partial charge in [0.15, 0.2) is 0 Å². The van der Waals surface area contributed by atoms with Crippen molar-refractivity contribution >= 4 is 17.5 Å². The molecule has 1 aliphatic carbocycles. The molecule has 7 heteroatoms. The van der Waals surface area contributed by atoms with Crippen LogP contribution < -0.4 is 16.0 Å². The average Bonchev–Trinajstić information content (AvgIpc) is 2.71. The van der Waals surface area contributed by atoms with Gasteiger partial charge in [-0.3, -0.25) is 14.9 Å². The summed E-state index contributed by atoms with van der Waals surface area (Å²) in [6, 6.07) is 5.92. The smallest absolute Gasteiger partial charge is 0.234 e. The normalized spacial score (nSPS) is 26.1. The zero-order valence-corrected chi connectivity index (χ0v) is 18.2. The maximum absolute atomic E-state index is 14.6. The summed E-state index contributed by atoms with van der Waals surface area (Å²) >= 11 is 0. The quantitative estimate of drug-likeness (QED) is 0.722. The number of nitrogens with zero attached hydrogens (tertiary/aromatic N) is 2. The van der Waals surface area contributed by atoms with Crippen LogP contribution in [-0.4, -0.2) is 55.5 Å².